The molecule has 0 aromatic carbocycles. The van der Waals surface area contributed by atoms with Crippen molar-refractivity contribution in [2.75, 3.05) is 19.8 Å². The summed E-state index contributed by atoms with van der Waals surface area (Å²) in [5, 5.41) is 0. The number of alkyl halides is 3. The van der Waals surface area contributed by atoms with Gasteiger partial charge in [-0.2, -0.15) is 13.2 Å². The third-order valence-corrected chi connectivity index (χ3v) is 4.57. The number of carbonyl (C=O) groups excluding carboxylic acids is 1. The number of carbonyl (C=O) groups is 1. The monoisotopic (exact) mass is 259 g/mol. The number of sulfone groups is 1. The van der Waals surface area contributed by atoms with Crippen LogP contribution in [0.2, 0.25) is 0 Å². The van der Waals surface area contributed by atoms with Gasteiger partial charge in [-0.25, -0.2) is 8.42 Å². The minimum atomic E-state index is -4.52. The van der Waals surface area contributed by atoms with Crippen LogP contribution < -0.4 is 0 Å². The maximum atomic E-state index is 12.0. The second kappa shape index (κ2) is 3.61. The topological polar surface area (TPSA) is 54.5 Å². The Labute approximate surface area is 91.3 Å². The highest BCUT2D eigenvalue weighted by Crippen LogP contribution is 2.44. The van der Waals surface area contributed by atoms with Gasteiger partial charge >= 0.3 is 6.18 Å². The van der Waals surface area contributed by atoms with Gasteiger partial charge in [0, 0.05) is 13.3 Å². The minimum Gasteiger partial charge on any atom is -0.335 e. The van der Waals surface area contributed by atoms with Crippen molar-refractivity contribution in [1.29, 1.82) is 0 Å². The fourth-order valence-electron chi connectivity index (χ4n) is 1.55. The van der Waals surface area contributed by atoms with E-state index in [0.717, 1.165) is 13.3 Å². The van der Waals surface area contributed by atoms with Crippen molar-refractivity contribution in [3.8, 4) is 0 Å². The van der Waals surface area contributed by atoms with E-state index in [0.29, 0.717) is 4.90 Å². The van der Waals surface area contributed by atoms with Crippen molar-refractivity contribution in [2.24, 2.45) is 0 Å². The molecule has 0 unspecified atom stereocenters. The lowest BCUT2D eigenvalue weighted by atomic mass is 10.3. The molecular weight excluding hydrogens is 247 g/mol. The molecule has 0 radical (unpaired) electrons. The standard InChI is InChI=1S/C8H12F3NO3S/c1-12(5-8(9,10)11)6(13)7(3-4-7)16(2,14)15/h3-5H2,1-2H3. The van der Waals surface area contributed by atoms with Gasteiger partial charge in [0.1, 0.15) is 6.54 Å². The van der Waals surface area contributed by atoms with Crippen molar-refractivity contribution in [1.82, 2.24) is 4.90 Å². The normalized spacial score (nSPS) is 19.3. The molecule has 0 saturated heterocycles. The Hall–Kier alpha value is -0.790. The van der Waals surface area contributed by atoms with E-state index < -0.39 is 33.2 Å². The molecule has 16 heavy (non-hydrogen) atoms. The first-order valence-electron chi connectivity index (χ1n) is 4.51. The SMILES string of the molecule is CN(CC(F)(F)F)C(=O)C1(S(C)(=O)=O)CC1. The van der Waals surface area contributed by atoms with Crippen LogP contribution in [0.4, 0.5) is 13.2 Å². The predicted octanol–water partition coefficient (Wildman–Crippen LogP) is 0.584. The fourth-order valence-corrected chi connectivity index (χ4v) is 2.86. The summed E-state index contributed by atoms with van der Waals surface area (Å²) in [6.07, 6.45) is -3.43. The molecule has 1 aliphatic rings. The molecule has 1 rings (SSSR count). The summed E-state index contributed by atoms with van der Waals surface area (Å²) in [4.78, 5) is 12.0. The van der Waals surface area contributed by atoms with Crippen LogP contribution in [0, 0.1) is 0 Å². The summed E-state index contributed by atoms with van der Waals surface area (Å²) in [7, 11) is -2.69. The van der Waals surface area contributed by atoms with Gasteiger partial charge in [0.05, 0.1) is 0 Å². The summed E-state index contributed by atoms with van der Waals surface area (Å²) in [6.45, 7) is -1.43. The Morgan fingerprint density at radius 3 is 2.06 bits per heavy atom. The lowest BCUT2D eigenvalue weighted by molar-refractivity contribution is -0.158. The summed E-state index contributed by atoms with van der Waals surface area (Å²) >= 11 is 0. The van der Waals surface area contributed by atoms with E-state index >= 15 is 0 Å². The summed E-state index contributed by atoms with van der Waals surface area (Å²) in [5.74, 6) is -0.965. The van der Waals surface area contributed by atoms with Gasteiger partial charge in [0.15, 0.2) is 14.6 Å². The Bertz CT molecular complexity index is 397. The van der Waals surface area contributed by atoms with E-state index in [1.54, 1.807) is 0 Å². The average molecular weight is 259 g/mol. The van der Waals surface area contributed by atoms with E-state index in [9.17, 15) is 26.4 Å². The zero-order chi connectivity index (χ0) is 12.8. The van der Waals surface area contributed by atoms with E-state index in [-0.39, 0.29) is 12.8 Å². The molecule has 0 bridgehead atoms. The molecule has 0 spiro atoms. The lowest BCUT2D eigenvalue weighted by Gasteiger charge is -2.23. The predicted molar refractivity (Wildman–Crippen MR) is 50.5 cm³/mol. The quantitative estimate of drug-likeness (QED) is 0.745. The van der Waals surface area contributed by atoms with Crippen LogP contribution in [0.5, 0.6) is 0 Å². The van der Waals surface area contributed by atoms with Crippen LogP contribution >= 0.6 is 0 Å². The van der Waals surface area contributed by atoms with E-state index in [4.69, 9.17) is 0 Å². The number of hydrogen-bond donors (Lipinski definition) is 0. The van der Waals surface area contributed by atoms with Gasteiger partial charge < -0.3 is 4.90 Å². The number of rotatable bonds is 3. The molecule has 0 aliphatic heterocycles. The molecule has 0 aromatic heterocycles. The van der Waals surface area contributed by atoms with Crippen LogP contribution in [0.25, 0.3) is 0 Å². The number of halogens is 3. The zero-order valence-corrected chi connectivity index (χ0v) is 9.65. The first-order valence-corrected chi connectivity index (χ1v) is 6.41. The largest absolute Gasteiger partial charge is 0.406 e. The molecule has 0 heterocycles. The molecule has 0 N–H and O–H groups in total. The highest BCUT2D eigenvalue weighted by molar-refractivity contribution is 7.93. The van der Waals surface area contributed by atoms with Crippen molar-refractivity contribution >= 4 is 15.7 Å². The molecular formula is C8H12F3NO3S. The highest BCUT2D eigenvalue weighted by Gasteiger charge is 2.60. The third kappa shape index (κ3) is 2.47. The van der Waals surface area contributed by atoms with E-state index in [1.165, 1.54) is 0 Å². The summed E-state index contributed by atoms with van der Waals surface area (Å²) in [6, 6.07) is 0. The van der Waals surface area contributed by atoms with Gasteiger partial charge in [-0.3, -0.25) is 4.79 Å². The Morgan fingerprint density at radius 2 is 1.81 bits per heavy atom. The summed E-state index contributed by atoms with van der Waals surface area (Å²) in [5.41, 5.74) is 0. The molecule has 1 saturated carbocycles. The van der Waals surface area contributed by atoms with Crippen molar-refractivity contribution in [3.63, 3.8) is 0 Å². The maximum absolute atomic E-state index is 12.0. The molecule has 4 nitrogen and oxygen atoms in total. The number of nitrogens with zero attached hydrogens (tertiary/aromatic N) is 1. The number of hydrogen-bond acceptors (Lipinski definition) is 3. The number of amides is 1. The summed E-state index contributed by atoms with van der Waals surface area (Å²) < 4.78 is 57.1. The first-order chi connectivity index (χ1) is 7.00. The van der Waals surface area contributed by atoms with Gasteiger partial charge in [0.2, 0.25) is 5.91 Å². The minimum absolute atomic E-state index is 0.104. The van der Waals surface area contributed by atoms with E-state index in [1.807, 2.05) is 0 Å². The first kappa shape index (κ1) is 13.3. The van der Waals surface area contributed by atoms with Gasteiger partial charge in [-0.15, -0.1) is 0 Å². The Balaban J connectivity index is 2.81. The highest BCUT2D eigenvalue weighted by atomic mass is 32.2. The van der Waals surface area contributed by atoms with E-state index in [2.05, 4.69) is 0 Å². The van der Waals surface area contributed by atoms with Crippen LogP contribution in [0.15, 0.2) is 0 Å². The van der Waals surface area contributed by atoms with Gasteiger partial charge in [-0.05, 0) is 12.8 Å². The molecule has 94 valence electrons. The molecule has 0 atom stereocenters. The molecule has 1 fully saturated rings. The second-order valence-corrected chi connectivity index (χ2v) is 6.37. The molecule has 0 aromatic rings. The zero-order valence-electron chi connectivity index (χ0n) is 8.84. The Morgan fingerprint density at radius 1 is 1.38 bits per heavy atom. The molecule has 1 amide bonds. The fraction of sp³-hybridized carbons (Fsp3) is 0.875. The molecule has 1 aliphatic carbocycles. The second-order valence-electron chi connectivity index (χ2n) is 4.04. The Kier molecular flexibility index (Phi) is 3.00. The van der Waals surface area contributed by atoms with Crippen LogP contribution in [-0.4, -0.2) is 50.0 Å². The van der Waals surface area contributed by atoms with Gasteiger partial charge in [-0.1, -0.05) is 0 Å². The van der Waals surface area contributed by atoms with Crippen molar-refractivity contribution < 1.29 is 26.4 Å². The van der Waals surface area contributed by atoms with Crippen LogP contribution in [0.1, 0.15) is 12.8 Å². The van der Waals surface area contributed by atoms with Crippen molar-refractivity contribution in [3.05, 3.63) is 0 Å². The van der Waals surface area contributed by atoms with Crippen LogP contribution in [-0.2, 0) is 14.6 Å². The van der Waals surface area contributed by atoms with Crippen molar-refractivity contribution in [2.45, 2.75) is 23.8 Å². The third-order valence-electron chi connectivity index (χ3n) is 2.57. The average Bonchev–Trinajstić information content (AvgIpc) is 2.77. The molecule has 8 heteroatoms. The van der Waals surface area contributed by atoms with Gasteiger partial charge in [0.25, 0.3) is 0 Å². The smallest absolute Gasteiger partial charge is 0.335 e. The lowest BCUT2D eigenvalue weighted by Crippen LogP contribution is -2.46. The maximum Gasteiger partial charge on any atom is 0.406 e. The van der Waals surface area contributed by atoms with Crippen LogP contribution in [0.3, 0.4) is 0 Å².